The Morgan fingerprint density at radius 1 is 1.08 bits per heavy atom. The predicted molar refractivity (Wildman–Crippen MR) is 107 cm³/mol. The van der Waals surface area contributed by atoms with Gasteiger partial charge in [0.15, 0.2) is 0 Å². The molecule has 0 saturated carbocycles. The minimum atomic E-state index is 0.173. The number of Topliss-reactive ketones (excluding diaryl/α,β-unsaturated/α-hetero) is 1. The quantitative estimate of drug-likeness (QED) is 0.861. The number of β-amino-alcohol motifs (C(OH)–C–C–N with tert-alkyl or cyclic N) is 1. The number of aliphatic hydroxyl groups is 1. The van der Waals surface area contributed by atoms with Crippen molar-refractivity contribution in [3.8, 4) is 0 Å². The SMILES string of the molecule is CC(=O)Cc1ccc(Cl)cc1.CCCC.CN1CCN(CCO)CC1. The Bertz CT molecular complexity index is 442. The number of piperazine rings is 1. The van der Waals surface area contributed by atoms with Crippen LogP contribution in [-0.4, -0.2) is 67.1 Å². The van der Waals surface area contributed by atoms with Gasteiger partial charge in [-0.3, -0.25) is 9.69 Å². The highest BCUT2D eigenvalue weighted by molar-refractivity contribution is 6.30. The summed E-state index contributed by atoms with van der Waals surface area (Å²) in [5, 5.41) is 9.33. The average Bonchev–Trinajstić information content (AvgIpc) is 2.60. The number of carbonyl (C=O) groups excluding carboxylic acids is 1. The molecule has 1 aromatic carbocycles. The number of halogens is 1. The molecule has 2 rings (SSSR count). The lowest BCUT2D eigenvalue weighted by Crippen LogP contribution is -2.45. The van der Waals surface area contributed by atoms with Crippen LogP contribution in [0, 0.1) is 0 Å². The molecular formula is C20H35ClN2O2. The largest absolute Gasteiger partial charge is 0.395 e. The van der Waals surface area contributed by atoms with Gasteiger partial charge in [-0.1, -0.05) is 50.4 Å². The molecule has 0 atom stereocenters. The Morgan fingerprint density at radius 2 is 1.60 bits per heavy atom. The van der Waals surface area contributed by atoms with Gasteiger partial charge in [-0.05, 0) is 31.7 Å². The number of ketones is 1. The van der Waals surface area contributed by atoms with Crippen molar-refractivity contribution in [2.45, 2.75) is 40.0 Å². The Hall–Kier alpha value is -0.940. The molecule has 1 heterocycles. The molecule has 1 aliphatic heterocycles. The Kier molecular flexibility index (Phi) is 14.7. The number of hydrogen-bond acceptors (Lipinski definition) is 4. The van der Waals surface area contributed by atoms with Crippen LogP contribution in [-0.2, 0) is 11.2 Å². The van der Waals surface area contributed by atoms with Crippen molar-refractivity contribution in [3.05, 3.63) is 34.9 Å². The number of nitrogens with zero attached hydrogens (tertiary/aromatic N) is 2. The number of likely N-dealkylation sites (N-methyl/N-ethyl adjacent to an activating group) is 1. The Balaban J connectivity index is 0.000000383. The van der Waals surface area contributed by atoms with Crippen LogP contribution < -0.4 is 0 Å². The Morgan fingerprint density at radius 3 is 2.00 bits per heavy atom. The zero-order valence-electron chi connectivity index (χ0n) is 16.3. The molecule has 1 saturated heterocycles. The van der Waals surface area contributed by atoms with E-state index in [-0.39, 0.29) is 5.78 Å². The monoisotopic (exact) mass is 370 g/mol. The zero-order valence-corrected chi connectivity index (χ0v) is 17.1. The molecule has 0 radical (unpaired) electrons. The van der Waals surface area contributed by atoms with E-state index in [9.17, 15) is 4.79 Å². The maximum atomic E-state index is 10.7. The van der Waals surface area contributed by atoms with Crippen LogP contribution in [0.25, 0.3) is 0 Å². The predicted octanol–water partition coefficient (Wildman–Crippen LogP) is 3.50. The normalized spacial score (nSPS) is 14.8. The van der Waals surface area contributed by atoms with Crippen LogP contribution in [0.1, 0.15) is 39.2 Å². The smallest absolute Gasteiger partial charge is 0.134 e. The van der Waals surface area contributed by atoms with Crippen LogP contribution in [0.5, 0.6) is 0 Å². The summed E-state index contributed by atoms with van der Waals surface area (Å²) in [7, 11) is 2.14. The van der Waals surface area contributed by atoms with E-state index in [1.807, 2.05) is 12.1 Å². The first-order valence-corrected chi connectivity index (χ1v) is 9.56. The maximum Gasteiger partial charge on any atom is 0.134 e. The molecule has 0 spiro atoms. The number of unbranched alkanes of at least 4 members (excludes halogenated alkanes) is 1. The fourth-order valence-electron chi connectivity index (χ4n) is 2.10. The molecule has 0 bridgehead atoms. The summed E-state index contributed by atoms with van der Waals surface area (Å²) in [6, 6.07) is 7.31. The van der Waals surface area contributed by atoms with Gasteiger partial charge in [-0.2, -0.15) is 0 Å². The average molecular weight is 371 g/mol. The van der Waals surface area contributed by atoms with Crippen molar-refractivity contribution < 1.29 is 9.90 Å². The Labute approximate surface area is 158 Å². The minimum absolute atomic E-state index is 0.173. The minimum Gasteiger partial charge on any atom is -0.395 e. The van der Waals surface area contributed by atoms with Crippen LogP contribution in [0.4, 0.5) is 0 Å². The van der Waals surface area contributed by atoms with Crippen LogP contribution in [0.2, 0.25) is 5.02 Å². The number of benzene rings is 1. The third-order valence-electron chi connectivity index (χ3n) is 3.88. The molecule has 144 valence electrons. The first-order chi connectivity index (χ1) is 11.9. The van der Waals surface area contributed by atoms with Crippen LogP contribution >= 0.6 is 11.6 Å². The standard InChI is InChI=1S/C9H9ClO.C7H16N2O.C4H10/c1-7(11)6-8-2-4-9(10)5-3-8;1-8-2-4-9(5-3-8)6-7-10;1-3-4-2/h2-5H,6H2,1H3;10H,2-7H2,1H3;3-4H2,1-2H3. The van der Waals surface area contributed by atoms with Crippen molar-refractivity contribution in [2.75, 3.05) is 46.4 Å². The first-order valence-electron chi connectivity index (χ1n) is 9.18. The van der Waals surface area contributed by atoms with Gasteiger partial charge >= 0.3 is 0 Å². The number of hydrogen-bond donors (Lipinski definition) is 1. The maximum absolute atomic E-state index is 10.7. The fourth-order valence-corrected chi connectivity index (χ4v) is 2.23. The third-order valence-corrected chi connectivity index (χ3v) is 4.13. The van der Waals surface area contributed by atoms with Crippen molar-refractivity contribution in [1.29, 1.82) is 0 Å². The first kappa shape index (κ1) is 24.1. The van der Waals surface area contributed by atoms with E-state index >= 15 is 0 Å². The van der Waals surface area contributed by atoms with E-state index in [0.29, 0.717) is 18.1 Å². The summed E-state index contributed by atoms with van der Waals surface area (Å²) in [5.74, 6) is 0.173. The lowest BCUT2D eigenvalue weighted by Gasteiger charge is -2.31. The number of aliphatic hydroxyl groups excluding tert-OH is 1. The molecule has 0 aliphatic carbocycles. The second-order valence-corrected chi connectivity index (χ2v) is 6.81. The summed E-state index contributed by atoms with van der Waals surface area (Å²) in [6.07, 6.45) is 3.14. The topological polar surface area (TPSA) is 43.8 Å². The second kappa shape index (κ2) is 15.3. The van der Waals surface area contributed by atoms with Gasteiger partial charge in [-0.15, -0.1) is 0 Å². The van der Waals surface area contributed by atoms with Crippen LogP contribution in [0.15, 0.2) is 24.3 Å². The lowest BCUT2D eigenvalue weighted by atomic mass is 10.1. The van der Waals surface area contributed by atoms with Gasteiger partial charge in [0, 0.05) is 44.2 Å². The van der Waals surface area contributed by atoms with E-state index in [0.717, 1.165) is 38.3 Å². The molecule has 25 heavy (non-hydrogen) atoms. The van der Waals surface area contributed by atoms with Gasteiger partial charge in [-0.25, -0.2) is 0 Å². The van der Waals surface area contributed by atoms with Crippen molar-refractivity contribution in [1.82, 2.24) is 9.80 Å². The highest BCUT2D eigenvalue weighted by Crippen LogP contribution is 2.09. The third kappa shape index (κ3) is 14.0. The lowest BCUT2D eigenvalue weighted by molar-refractivity contribution is -0.116. The van der Waals surface area contributed by atoms with Crippen LogP contribution in [0.3, 0.4) is 0 Å². The van der Waals surface area contributed by atoms with E-state index in [4.69, 9.17) is 16.7 Å². The zero-order chi connectivity index (χ0) is 19.1. The van der Waals surface area contributed by atoms with Crippen molar-refractivity contribution in [3.63, 3.8) is 0 Å². The second-order valence-electron chi connectivity index (χ2n) is 6.37. The molecule has 0 unspecified atom stereocenters. The number of carbonyl (C=O) groups is 1. The molecule has 1 N–H and O–H groups in total. The molecule has 0 amide bonds. The van der Waals surface area contributed by atoms with E-state index in [1.165, 1.54) is 12.8 Å². The fraction of sp³-hybridized carbons (Fsp3) is 0.650. The van der Waals surface area contributed by atoms with Crippen molar-refractivity contribution in [2.24, 2.45) is 0 Å². The van der Waals surface area contributed by atoms with E-state index in [1.54, 1.807) is 19.1 Å². The van der Waals surface area contributed by atoms with E-state index < -0.39 is 0 Å². The molecular weight excluding hydrogens is 336 g/mol. The summed E-state index contributed by atoms with van der Waals surface area (Å²) in [6.45, 7) is 11.6. The van der Waals surface area contributed by atoms with Gasteiger partial charge in [0.25, 0.3) is 0 Å². The highest BCUT2D eigenvalue weighted by atomic mass is 35.5. The molecule has 5 heteroatoms. The van der Waals surface area contributed by atoms with E-state index in [2.05, 4.69) is 30.7 Å². The van der Waals surface area contributed by atoms with Gasteiger partial charge in [0.2, 0.25) is 0 Å². The molecule has 0 aromatic heterocycles. The summed E-state index contributed by atoms with van der Waals surface area (Å²) < 4.78 is 0. The molecule has 4 nitrogen and oxygen atoms in total. The summed E-state index contributed by atoms with van der Waals surface area (Å²) >= 11 is 5.66. The molecule has 1 aliphatic rings. The van der Waals surface area contributed by atoms with Gasteiger partial charge in [0.1, 0.15) is 5.78 Å². The summed E-state index contributed by atoms with van der Waals surface area (Å²) in [5.41, 5.74) is 1.02. The van der Waals surface area contributed by atoms with Gasteiger partial charge in [0.05, 0.1) is 6.61 Å². The molecule has 1 aromatic rings. The number of rotatable bonds is 5. The molecule has 1 fully saturated rings. The summed E-state index contributed by atoms with van der Waals surface area (Å²) in [4.78, 5) is 15.3. The highest BCUT2D eigenvalue weighted by Gasteiger charge is 2.11. The van der Waals surface area contributed by atoms with Gasteiger partial charge < -0.3 is 10.0 Å². The van der Waals surface area contributed by atoms with Crippen molar-refractivity contribution >= 4 is 17.4 Å².